The fourth-order valence-electron chi connectivity index (χ4n) is 2.61. The smallest absolute Gasteiger partial charge is 0.259 e. The molecule has 0 saturated carbocycles. The monoisotopic (exact) mass is 495 g/mol. The van der Waals surface area contributed by atoms with Gasteiger partial charge in [-0.3, -0.25) is 9.48 Å². The molecule has 3 aromatic rings. The molecule has 0 saturated heterocycles. The Kier molecular flexibility index (Phi) is 6.41. The Balaban J connectivity index is 1.77. The van der Waals surface area contributed by atoms with E-state index >= 15 is 0 Å². The number of carbonyl (C=O) groups excluding carboxylic acids is 1. The molecule has 5 nitrogen and oxygen atoms in total. The number of nitrogens with one attached hydrogen (secondary N) is 1. The Morgan fingerprint density at radius 2 is 1.89 bits per heavy atom. The SMILES string of the molecule is COC(C(=O)Nc1nn(Cc2ccccc2F)cc1Br)c1ccccc1Br. The number of hydrogen-bond donors (Lipinski definition) is 1. The summed E-state index contributed by atoms with van der Waals surface area (Å²) < 4.78 is 22.1. The first-order chi connectivity index (χ1) is 13.0. The molecular weight excluding hydrogens is 481 g/mol. The van der Waals surface area contributed by atoms with Crippen LogP contribution in [0.2, 0.25) is 0 Å². The first-order valence-electron chi connectivity index (χ1n) is 8.04. The highest BCUT2D eigenvalue weighted by Crippen LogP contribution is 2.28. The Bertz CT molecular complexity index is 962. The largest absolute Gasteiger partial charge is 0.367 e. The van der Waals surface area contributed by atoms with Crippen LogP contribution in [0, 0.1) is 5.82 Å². The number of halogens is 3. The van der Waals surface area contributed by atoms with Crippen molar-refractivity contribution in [1.82, 2.24) is 9.78 Å². The summed E-state index contributed by atoms with van der Waals surface area (Å²) in [5, 5.41) is 7.07. The third-order valence-electron chi connectivity index (χ3n) is 3.91. The summed E-state index contributed by atoms with van der Waals surface area (Å²) >= 11 is 6.81. The number of aromatic nitrogens is 2. The molecule has 0 bridgehead atoms. The van der Waals surface area contributed by atoms with E-state index in [2.05, 4.69) is 42.3 Å². The second-order valence-corrected chi connectivity index (χ2v) is 7.45. The van der Waals surface area contributed by atoms with E-state index in [0.717, 1.165) is 4.47 Å². The van der Waals surface area contributed by atoms with Crippen LogP contribution in [-0.4, -0.2) is 22.8 Å². The van der Waals surface area contributed by atoms with Crippen LogP contribution in [0.4, 0.5) is 10.2 Å². The van der Waals surface area contributed by atoms with Gasteiger partial charge in [0, 0.05) is 28.9 Å². The number of rotatable bonds is 6. The molecule has 1 heterocycles. The number of methoxy groups -OCH3 is 1. The van der Waals surface area contributed by atoms with Gasteiger partial charge in [0.15, 0.2) is 11.9 Å². The molecular formula is C19H16Br2FN3O2. The molecule has 3 rings (SSSR count). The lowest BCUT2D eigenvalue weighted by atomic mass is 10.1. The molecule has 27 heavy (non-hydrogen) atoms. The summed E-state index contributed by atoms with van der Waals surface area (Å²) in [6.45, 7) is 0.249. The normalized spacial score (nSPS) is 12.0. The minimum absolute atomic E-state index is 0.249. The van der Waals surface area contributed by atoms with E-state index in [1.165, 1.54) is 13.2 Å². The number of hydrogen-bond acceptors (Lipinski definition) is 3. The van der Waals surface area contributed by atoms with Gasteiger partial charge in [-0.05, 0) is 28.1 Å². The summed E-state index contributed by atoms with van der Waals surface area (Å²) in [6.07, 6.45) is 0.881. The van der Waals surface area contributed by atoms with Gasteiger partial charge in [0.2, 0.25) is 0 Å². The lowest BCUT2D eigenvalue weighted by molar-refractivity contribution is -0.126. The van der Waals surface area contributed by atoms with Gasteiger partial charge in [-0.25, -0.2) is 4.39 Å². The summed E-state index contributed by atoms with van der Waals surface area (Å²) in [4.78, 5) is 12.7. The van der Waals surface area contributed by atoms with Crippen LogP contribution in [0.15, 0.2) is 63.7 Å². The average molecular weight is 497 g/mol. The average Bonchev–Trinajstić information content (AvgIpc) is 2.98. The van der Waals surface area contributed by atoms with E-state index in [9.17, 15) is 9.18 Å². The second-order valence-electron chi connectivity index (χ2n) is 5.74. The fourth-order valence-corrected chi connectivity index (χ4v) is 3.52. The predicted molar refractivity (Wildman–Crippen MR) is 108 cm³/mol. The molecule has 0 aliphatic carbocycles. The van der Waals surface area contributed by atoms with E-state index in [-0.39, 0.29) is 18.3 Å². The molecule has 2 aromatic carbocycles. The number of anilines is 1. The Morgan fingerprint density at radius 3 is 2.59 bits per heavy atom. The van der Waals surface area contributed by atoms with Gasteiger partial charge < -0.3 is 10.1 Å². The summed E-state index contributed by atoms with van der Waals surface area (Å²) in [7, 11) is 1.47. The molecule has 140 valence electrons. The first kappa shape index (κ1) is 19.7. The molecule has 0 aliphatic heterocycles. The van der Waals surface area contributed by atoms with Crippen molar-refractivity contribution in [2.45, 2.75) is 12.6 Å². The topological polar surface area (TPSA) is 56.1 Å². The molecule has 0 fully saturated rings. The van der Waals surface area contributed by atoms with Crippen LogP contribution in [0.5, 0.6) is 0 Å². The van der Waals surface area contributed by atoms with Crippen LogP contribution in [0.1, 0.15) is 17.2 Å². The number of nitrogens with zero attached hydrogens (tertiary/aromatic N) is 2. The van der Waals surface area contributed by atoms with Crippen LogP contribution < -0.4 is 5.32 Å². The highest BCUT2D eigenvalue weighted by Gasteiger charge is 2.24. The van der Waals surface area contributed by atoms with E-state index in [1.807, 2.05) is 24.3 Å². The van der Waals surface area contributed by atoms with E-state index in [1.54, 1.807) is 29.1 Å². The standard InChI is InChI=1S/C19H16Br2FN3O2/c1-27-17(13-7-3-4-8-14(13)20)19(26)23-18-15(21)11-25(24-18)10-12-6-2-5-9-16(12)22/h2-9,11,17H,10H2,1H3,(H,23,24,26). The molecule has 1 atom stereocenters. The predicted octanol–water partition coefficient (Wildman–Crippen LogP) is 4.92. The van der Waals surface area contributed by atoms with Crippen molar-refractivity contribution in [2.24, 2.45) is 0 Å². The summed E-state index contributed by atoms with van der Waals surface area (Å²) in [5.41, 5.74) is 1.22. The Hall–Kier alpha value is -2.03. The van der Waals surface area contributed by atoms with Gasteiger partial charge in [0.1, 0.15) is 5.82 Å². The molecule has 1 aromatic heterocycles. The zero-order valence-electron chi connectivity index (χ0n) is 14.3. The minimum atomic E-state index is -0.802. The van der Waals surface area contributed by atoms with Crippen LogP contribution in [0.3, 0.4) is 0 Å². The number of ether oxygens (including phenoxy) is 1. The quantitative estimate of drug-likeness (QED) is 0.526. The van der Waals surface area contributed by atoms with Gasteiger partial charge in [-0.15, -0.1) is 0 Å². The van der Waals surface area contributed by atoms with Crippen molar-refractivity contribution in [3.63, 3.8) is 0 Å². The molecule has 1 amide bonds. The van der Waals surface area contributed by atoms with Crippen molar-refractivity contribution >= 4 is 43.6 Å². The number of benzene rings is 2. The second kappa shape index (κ2) is 8.77. The molecule has 1 unspecified atom stereocenters. The number of amides is 1. The third kappa shape index (κ3) is 4.63. The van der Waals surface area contributed by atoms with Gasteiger partial charge in [0.05, 0.1) is 11.0 Å². The van der Waals surface area contributed by atoms with Crippen molar-refractivity contribution in [2.75, 3.05) is 12.4 Å². The maximum absolute atomic E-state index is 13.8. The lowest BCUT2D eigenvalue weighted by Crippen LogP contribution is -2.23. The van der Waals surface area contributed by atoms with Crippen molar-refractivity contribution < 1.29 is 13.9 Å². The maximum Gasteiger partial charge on any atom is 0.259 e. The molecule has 0 spiro atoms. The Morgan fingerprint density at radius 1 is 1.19 bits per heavy atom. The van der Waals surface area contributed by atoms with Crippen LogP contribution in [-0.2, 0) is 16.1 Å². The first-order valence-corrected chi connectivity index (χ1v) is 9.62. The van der Waals surface area contributed by atoms with Gasteiger partial charge in [-0.2, -0.15) is 5.10 Å². The Labute approximate surface area is 172 Å². The maximum atomic E-state index is 13.8. The van der Waals surface area contributed by atoms with Crippen molar-refractivity contribution in [3.8, 4) is 0 Å². The van der Waals surface area contributed by atoms with E-state index < -0.39 is 6.10 Å². The highest BCUT2D eigenvalue weighted by atomic mass is 79.9. The molecule has 8 heteroatoms. The van der Waals surface area contributed by atoms with Crippen molar-refractivity contribution in [3.05, 3.63) is 80.6 Å². The fraction of sp³-hybridized carbons (Fsp3) is 0.158. The van der Waals surface area contributed by atoms with Gasteiger partial charge in [0.25, 0.3) is 5.91 Å². The molecule has 1 N–H and O–H groups in total. The van der Waals surface area contributed by atoms with Crippen molar-refractivity contribution in [1.29, 1.82) is 0 Å². The van der Waals surface area contributed by atoms with Crippen LogP contribution in [0.25, 0.3) is 0 Å². The molecule has 0 aliphatic rings. The summed E-state index contributed by atoms with van der Waals surface area (Å²) in [5.74, 6) is -0.324. The van der Waals surface area contributed by atoms with E-state index in [0.29, 0.717) is 21.4 Å². The van der Waals surface area contributed by atoms with Crippen LogP contribution >= 0.6 is 31.9 Å². The number of carbonyl (C=O) groups is 1. The van der Waals surface area contributed by atoms with E-state index in [4.69, 9.17) is 4.74 Å². The third-order valence-corrected chi connectivity index (χ3v) is 5.21. The van der Waals surface area contributed by atoms with Gasteiger partial charge >= 0.3 is 0 Å². The lowest BCUT2D eigenvalue weighted by Gasteiger charge is -2.16. The highest BCUT2D eigenvalue weighted by molar-refractivity contribution is 9.10. The zero-order chi connectivity index (χ0) is 19.4. The minimum Gasteiger partial charge on any atom is -0.367 e. The zero-order valence-corrected chi connectivity index (χ0v) is 17.5. The van der Waals surface area contributed by atoms with Gasteiger partial charge in [-0.1, -0.05) is 52.3 Å². The summed E-state index contributed by atoms with van der Waals surface area (Å²) in [6, 6.07) is 13.8. The molecule has 0 radical (unpaired) electrons.